The predicted octanol–water partition coefficient (Wildman–Crippen LogP) is 3.16. The first kappa shape index (κ1) is 11.8. The number of benzene rings is 1. The van der Waals surface area contributed by atoms with Crippen molar-refractivity contribution < 1.29 is 0 Å². The highest BCUT2D eigenvalue weighted by molar-refractivity contribution is 5.85. The van der Waals surface area contributed by atoms with Crippen LogP contribution in [0.25, 0.3) is 10.9 Å². The van der Waals surface area contributed by atoms with Crippen molar-refractivity contribution in [3.05, 3.63) is 34.9 Å². The molecule has 1 aromatic heterocycles. The molecular formula is C12H15ClN2. The van der Waals surface area contributed by atoms with Crippen molar-refractivity contribution in [2.45, 2.75) is 20.8 Å². The van der Waals surface area contributed by atoms with Crippen LogP contribution in [0, 0.1) is 20.8 Å². The van der Waals surface area contributed by atoms with E-state index in [1.54, 1.807) is 0 Å². The van der Waals surface area contributed by atoms with Crippen molar-refractivity contribution in [3.63, 3.8) is 0 Å². The van der Waals surface area contributed by atoms with Gasteiger partial charge in [-0.15, -0.1) is 12.4 Å². The molecule has 0 aliphatic rings. The molecule has 2 N–H and O–H groups in total. The van der Waals surface area contributed by atoms with Gasteiger partial charge in [0.25, 0.3) is 0 Å². The number of nitrogens with zero attached hydrogens (tertiary/aromatic N) is 1. The van der Waals surface area contributed by atoms with Gasteiger partial charge in [0, 0.05) is 5.39 Å². The molecule has 1 aromatic carbocycles. The number of aryl methyl sites for hydroxylation is 3. The normalized spacial score (nSPS) is 10.1. The van der Waals surface area contributed by atoms with E-state index in [9.17, 15) is 0 Å². The number of pyridine rings is 1. The number of aromatic nitrogens is 1. The van der Waals surface area contributed by atoms with E-state index in [2.05, 4.69) is 37.0 Å². The molecule has 3 heteroatoms. The fourth-order valence-electron chi connectivity index (χ4n) is 1.75. The molecule has 0 atom stereocenters. The van der Waals surface area contributed by atoms with E-state index >= 15 is 0 Å². The Morgan fingerprint density at radius 1 is 1.00 bits per heavy atom. The Bertz CT molecular complexity index is 506. The van der Waals surface area contributed by atoms with E-state index in [-0.39, 0.29) is 12.4 Å². The molecule has 0 bridgehead atoms. The minimum atomic E-state index is 0. The lowest BCUT2D eigenvalue weighted by atomic mass is 10.0. The lowest BCUT2D eigenvalue weighted by Gasteiger charge is -2.06. The van der Waals surface area contributed by atoms with Crippen LogP contribution in [-0.4, -0.2) is 4.98 Å². The van der Waals surface area contributed by atoms with Gasteiger partial charge >= 0.3 is 0 Å². The smallest absolute Gasteiger partial charge is 0.127 e. The van der Waals surface area contributed by atoms with Crippen molar-refractivity contribution in [3.8, 4) is 0 Å². The average Bonchev–Trinajstić information content (AvgIpc) is 2.08. The number of nitrogens with two attached hydrogens (primary N) is 1. The molecule has 0 spiro atoms. The van der Waals surface area contributed by atoms with Crippen LogP contribution >= 0.6 is 12.4 Å². The van der Waals surface area contributed by atoms with Crippen LogP contribution in [0.2, 0.25) is 0 Å². The van der Waals surface area contributed by atoms with Gasteiger partial charge in [0.05, 0.1) is 5.52 Å². The zero-order valence-corrected chi connectivity index (χ0v) is 9.98. The zero-order valence-electron chi connectivity index (χ0n) is 9.16. The van der Waals surface area contributed by atoms with Gasteiger partial charge in [-0.25, -0.2) is 4.98 Å². The molecule has 0 fully saturated rings. The zero-order chi connectivity index (χ0) is 10.3. The van der Waals surface area contributed by atoms with Crippen LogP contribution in [0.1, 0.15) is 16.7 Å². The molecule has 0 amide bonds. The second-order valence-electron chi connectivity index (χ2n) is 3.84. The van der Waals surface area contributed by atoms with E-state index < -0.39 is 0 Å². The third-order valence-electron chi connectivity index (χ3n) is 2.52. The van der Waals surface area contributed by atoms with E-state index in [1.807, 2.05) is 6.92 Å². The molecule has 2 rings (SSSR count). The van der Waals surface area contributed by atoms with Crippen LogP contribution in [0.4, 0.5) is 5.82 Å². The maximum atomic E-state index is 5.77. The Hall–Kier alpha value is -1.28. The van der Waals surface area contributed by atoms with E-state index in [0.717, 1.165) is 11.1 Å². The van der Waals surface area contributed by atoms with Gasteiger partial charge in [0.2, 0.25) is 0 Å². The summed E-state index contributed by atoms with van der Waals surface area (Å²) in [5.74, 6) is 0.627. The molecule has 0 aliphatic heterocycles. The van der Waals surface area contributed by atoms with E-state index in [4.69, 9.17) is 5.73 Å². The summed E-state index contributed by atoms with van der Waals surface area (Å²) in [6.07, 6.45) is 0. The molecule has 15 heavy (non-hydrogen) atoms. The van der Waals surface area contributed by atoms with Crippen LogP contribution in [0.5, 0.6) is 0 Å². The Kier molecular flexibility index (Phi) is 3.20. The molecule has 80 valence electrons. The molecule has 2 aromatic rings. The van der Waals surface area contributed by atoms with E-state index in [1.165, 1.54) is 16.5 Å². The molecule has 1 heterocycles. The Morgan fingerprint density at radius 3 is 2.33 bits per heavy atom. The number of nitrogen functional groups attached to an aromatic ring is 1. The summed E-state index contributed by atoms with van der Waals surface area (Å²) in [6, 6.07) is 6.34. The third-order valence-corrected chi connectivity index (χ3v) is 2.52. The maximum Gasteiger partial charge on any atom is 0.127 e. The van der Waals surface area contributed by atoms with E-state index in [0.29, 0.717) is 5.82 Å². The largest absolute Gasteiger partial charge is 0.383 e. The van der Waals surface area contributed by atoms with Crippen LogP contribution in [-0.2, 0) is 0 Å². The van der Waals surface area contributed by atoms with Gasteiger partial charge in [-0.05, 0) is 49.6 Å². The number of anilines is 1. The summed E-state index contributed by atoms with van der Waals surface area (Å²) in [5.41, 5.74) is 10.3. The van der Waals surface area contributed by atoms with Gasteiger partial charge in [-0.2, -0.15) is 0 Å². The van der Waals surface area contributed by atoms with Crippen LogP contribution < -0.4 is 5.73 Å². The summed E-state index contributed by atoms with van der Waals surface area (Å²) in [6.45, 7) is 6.16. The highest BCUT2D eigenvalue weighted by Gasteiger charge is 2.03. The summed E-state index contributed by atoms with van der Waals surface area (Å²) in [5, 5.41) is 1.20. The summed E-state index contributed by atoms with van der Waals surface area (Å²) in [4.78, 5) is 4.37. The van der Waals surface area contributed by atoms with Crippen LogP contribution in [0.15, 0.2) is 18.2 Å². The molecule has 0 saturated carbocycles. The highest BCUT2D eigenvalue weighted by Crippen LogP contribution is 2.22. The first-order chi connectivity index (χ1) is 6.58. The van der Waals surface area contributed by atoms with Crippen molar-refractivity contribution >= 4 is 29.1 Å². The summed E-state index contributed by atoms with van der Waals surface area (Å²) in [7, 11) is 0. The summed E-state index contributed by atoms with van der Waals surface area (Å²) >= 11 is 0. The Morgan fingerprint density at radius 2 is 1.67 bits per heavy atom. The standard InChI is InChI=1S/C12H14N2.ClH/c1-7-4-8(2)10-6-9(3)12(13)14-11(10)5-7;/h4-6H,1-3H3,(H2,13,14);1H. The van der Waals surface area contributed by atoms with Crippen molar-refractivity contribution in [2.24, 2.45) is 0 Å². The van der Waals surface area contributed by atoms with Gasteiger partial charge < -0.3 is 5.73 Å². The number of hydrogen-bond acceptors (Lipinski definition) is 2. The Labute approximate surface area is 95.9 Å². The van der Waals surface area contributed by atoms with Gasteiger partial charge in [0.15, 0.2) is 0 Å². The average molecular weight is 223 g/mol. The number of fused-ring (bicyclic) bond motifs is 1. The van der Waals surface area contributed by atoms with Gasteiger partial charge in [-0.1, -0.05) is 6.07 Å². The lowest BCUT2D eigenvalue weighted by Crippen LogP contribution is -1.95. The van der Waals surface area contributed by atoms with Crippen LogP contribution in [0.3, 0.4) is 0 Å². The summed E-state index contributed by atoms with van der Waals surface area (Å²) < 4.78 is 0. The lowest BCUT2D eigenvalue weighted by molar-refractivity contribution is 1.31. The first-order valence-corrected chi connectivity index (χ1v) is 4.72. The monoisotopic (exact) mass is 222 g/mol. The van der Waals surface area contributed by atoms with Gasteiger partial charge in [-0.3, -0.25) is 0 Å². The quantitative estimate of drug-likeness (QED) is 0.744. The molecule has 0 radical (unpaired) electrons. The second kappa shape index (κ2) is 4.07. The van der Waals surface area contributed by atoms with Crippen molar-refractivity contribution in [1.29, 1.82) is 0 Å². The maximum absolute atomic E-state index is 5.77. The second-order valence-corrected chi connectivity index (χ2v) is 3.84. The van der Waals surface area contributed by atoms with Gasteiger partial charge in [0.1, 0.15) is 5.82 Å². The molecule has 0 saturated heterocycles. The fraction of sp³-hybridized carbons (Fsp3) is 0.250. The molecule has 2 nitrogen and oxygen atoms in total. The van der Waals surface area contributed by atoms with Crippen molar-refractivity contribution in [1.82, 2.24) is 4.98 Å². The number of rotatable bonds is 0. The number of hydrogen-bond donors (Lipinski definition) is 1. The predicted molar refractivity (Wildman–Crippen MR) is 67.6 cm³/mol. The third kappa shape index (κ3) is 2.05. The van der Waals surface area contributed by atoms with Crippen molar-refractivity contribution in [2.75, 3.05) is 5.73 Å². The first-order valence-electron chi connectivity index (χ1n) is 4.72. The minimum absolute atomic E-state index is 0. The fourth-order valence-corrected chi connectivity index (χ4v) is 1.75. The molecule has 0 unspecified atom stereocenters. The minimum Gasteiger partial charge on any atom is -0.383 e. The SMILES string of the molecule is Cc1cc(C)c2cc(C)c(N)nc2c1.Cl. The molecular weight excluding hydrogens is 208 g/mol. The molecule has 0 aliphatic carbocycles. The number of halogens is 1. The Balaban J connectivity index is 0.00000112. The topological polar surface area (TPSA) is 38.9 Å². The highest BCUT2D eigenvalue weighted by atomic mass is 35.5.